The van der Waals surface area contributed by atoms with Gasteiger partial charge in [-0.05, 0) is 31.6 Å². The minimum absolute atomic E-state index is 0.0616. The Hall–Kier alpha value is -0.620. The molecule has 2 heteroatoms. The topological polar surface area (TPSA) is 29.4 Å². The van der Waals surface area contributed by atoms with Crippen LogP contribution in [0.25, 0.3) is 0 Å². The van der Waals surface area contributed by atoms with Crippen LogP contribution in [-0.4, -0.2) is 11.6 Å². The highest BCUT2D eigenvalue weighted by atomic mass is 16.1. The zero-order chi connectivity index (χ0) is 9.15. The summed E-state index contributed by atoms with van der Waals surface area (Å²) in [6.07, 6.45) is 12.0. The van der Waals surface area contributed by atoms with Crippen molar-refractivity contribution in [2.45, 2.75) is 56.9 Å². The van der Waals surface area contributed by atoms with E-state index in [-0.39, 0.29) is 5.54 Å². The monoisotopic (exact) mass is 179 g/mol. The van der Waals surface area contributed by atoms with Crippen molar-refractivity contribution in [2.24, 2.45) is 10.9 Å². The second-order valence-corrected chi connectivity index (χ2v) is 4.50. The van der Waals surface area contributed by atoms with Gasteiger partial charge < -0.3 is 0 Å². The molecule has 2 saturated carbocycles. The van der Waals surface area contributed by atoms with Crippen LogP contribution >= 0.6 is 0 Å². The first kappa shape index (κ1) is 8.96. The second kappa shape index (κ2) is 3.63. The van der Waals surface area contributed by atoms with Crippen molar-refractivity contribution >= 4 is 6.08 Å². The van der Waals surface area contributed by atoms with E-state index in [1.54, 1.807) is 6.08 Å². The average Bonchev–Trinajstić information content (AvgIpc) is 2.87. The van der Waals surface area contributed by atoms with Crippen LogP contribution in [-0.2, 0) is 4.79 Å². The molecule has 0 atom stereocenters. The molecule has 0 bridgehead atoms. The number of isocyanates is 1. The molecule has 0 unspecified atom stereocenters. The van der Waals surface area contributed by atoms with Gasteiger partial charge in [0.15, 0.2) is 0 Å². The largest absolute Gasteiger partial charge is 0.235 e. The molecular formula is C11H17NO. The van der Waals surface area contributed by atoms with Crippen LogP contribution in [0.2, 0.25) is 0 Å². The molecule has 2 rings (SSSR count). The number of hydrogen-bond donors (Lipinski definition) is 0. The number of hydrogen-bond acceptors (Lipinski definition) is 2. The zero-order valence-corrected chi connectivity index (χ0v) is 8.09. The van der Waals surface area contributed by atoms with Gasteiger partial charge in [-0.15, -0.1) is 0 Å². The molecule has 2 aliphatic carbocycles. The van der Waals surface area contributed by atoms with E-state index < -0.39 is 0 Å². The summed E-state index contributed by atoms with van der Waals surface area (Å²) >= 11 is 0. The van der Waals surface area contributed by atoms with E-state index in [4.69, 9.17) is 0 Å². The Balaban J connectivity index is 2.01. The van der Waals surface area contributed by atoms with Crippen molar-refractivity contribution in [3.63, 3.8) is 0 Å². The van der Waals surface area contributed by atoms with Crippen molar-refractivity contribution in [3.8, 4) is 0 Å². The van der Waals surface area contributed by atoms with Crippen LogP contribution in [0, 0.1) is 5.92 Å². The molecule has 2 nitrogen and oxygen atoms in total. The van der Waals surface area contributed by atoms with Crippen molar-refractivity contribution < 1.29 is 4.79 Å². The van der Waals surface area contributed by atoms with Crippen molar-refractivity contribution in [1.82, 2.24) is 0 Å². The van der Waals surface area contributed by atoms with Crippen LogP contribution in [0.1, 0.15) is 51.4 Å². The minimum atomic E-state index is 0.0616. The normalized spacial score (nSPS) is 27.4. The third kappa shape index (κ3) is 1.83. The fourth-order valence-electron chi connectivity index (χ4n) is 2.65. The SMILES string of the molecule is O=C=NC1(C2CCCCCC2)CC1. The smallest absolute Gasteiger partial charge is 0.211 e. The van der Waals surface area contributed by atoms with Gasteiger partial charge in [0.1, 0.15) is 0 Å². The lowest BCUT2D eigenvalue weighted by molar-refractivity contribution is 0.359. The first-order chi connectivity index (χ1) is 6.37. The molecule has 72 valence electrons. The highest BCUT2D eigenvalue weighted by Gasteiger charge is 2.49. The lowest BCUT2D eigenvalue weighted by atomic mass is 9.90. The van der Waals surface area contributed by atoms with Crippen LogP contribution < -0.4 is 0 Å². The molecule has 0 aromatic rings. The first-order valence-electron chi connectivity index (χ1n) is 5.46. The third-order valence-electron chi connectivity index (χ3n) is 3.65. The molecule has 0 aromatic carbocycles. The molecule has 0 N–H and O–H groups in total. The van der Waals surface area contributed by atoms with Gasteiger partial charge in [-0.3, -0.25) is 0 Å². The van der Waals surface area contributed by atoms with Gasteiger partial charge in [0.25, 0.3) is 0 Å². The summed E-state index contributed by atoms with van der Waals surface area (Å²) in [7, 11) is 0. The summed E-state index contributed by atoms with van der Waals surface area (Å²) in [4.78, 5) is 14.3. The van der Waals surface area contributed by atoms with Gasteiger partial charge in [0.2, 0.25) is 6.08 Å². The summed E-state index contributed by atoms with van der Waals surface area (Å²) in [5.41, 5.74) is 0.0616. The third-order valence-corrected chi connectivity index (χ3v) is 3.65. The van der Waals surface area contributed by atoms with Crippen LogP contribution in [0.15, 0.2) is 4.99 Å². The van der Waals surface area contributed by atoms with Gasteiger partial charge in [-0.25, -0.2) is 4.79 Å². The summed E-state index contributed by atoms with van der Waals surface area (Å²) in [5.74, 6) is 0.691. The number of rotatable bonds is 2. The quantitative estimate of drug-likeness (QED) is 0.364. The lowest BCUT2D eigenvalue weighted by Crippen LogP contribution is -2.19. The number of aliphatic imine (C=N–C) groups is 1. The Morgan fingerprint density at radius 3 is 2.15 bits per heavy atom. The average molecular weight is 179 g/mol. The van der Waals surface area contributed by atoms with Crippen LogP contribution in [0.5, 0.6) is 0 Å². The minimum Gasteiger partial charge on any atom is -0.211 e. The molecular weight excluding hydrogens is 162 g/mol. The molecule has 0 aromatic heterocycles. The maximum atomic E-state index is 10.3. The van der Waals surface area contributed by atoms with Crippen molar-refractivity contribution in [2.75, 3.05) is 0 Å². The van der Waals surface area contributed by atoms with Crippen LogP contribution in [0.4, 0.5) is 0 Å². The first-order valence-corrected chi connectivity index (χ1v) is 5.46. The molecule has 2 fully saturated rings. The van der Waals surface area contributed by atoms with E-state index in [2.05, 4.69) is 4.99 Å². The lowest BCUT2D eigenvalue weighted by Gasteiger charge is -2.19. The Kier molecular flexibility index (Phi) is 2.50. The number of nitrogens with zero attached hydrogens (tertiary/aromatic N) is 1. The Labute approximate surface area is 79.4 Å². The van der Waals surface area contributed by atoms with Crippen LogP contribution in [0.3, 0.4) is 0 Å². The van der Waals surface area contributed by atoms with Crippen molar-refractivity contribution in [3.05, 3.63) is 0 Å². The van der Waals surface area contributed by atoms with E-state index in [0.29, 0.717) is 5.92 Å². The fraction of sp³-hybridized carbons (Fsp3) is 0.909. The van der Waals surface area contributed by atoms with Gasteiger partial charge in [-0.1, -0.05) is 25.7 Å². The summed E-state index contributed by atoms with van der Waals surface area (Å²) in [5, 5.41) is 0. The maximum absolute atomic E-state index is 10.3. The Bertz CT molecular complexity index is 218. The zero-order valence-electron chi connectivity index (χ0n) is 8.09. The van der Waals surface area contributed by atoms with E-state index in [0.717, 1.165) is 12.8 Å². The number of carbonyl (C=O) groups excluding carboxylic acids is 1. The fourth-order valence-corrected chi connectivity index (χ4v) is 2.65. The molecule has 0 amide bonds. The second-order valence-electron chi connectivity index (χ2n) is 4.50. The maximum Gasteiger partial charge on any atom is 0.235 e. The Morgan fingerprint density at radius 1 is 1.08 bits per heavy atom. The highest BCUT2D eigenvalue weighted by molar-refractivity contribution is 5.37. The summed E-state index contributed by atoms with van der Waals surface area (Å²) < 4.78 is 0. The predicted molar refractivity (Wildman–Crippen MR) is 51.3 cm³/mol. The Morgan fingerprint density at radius 2 is 1.69 bits per heavy atom. The van der Waals surface area contributed by atoms with Crippen molar-refractivity contribution in [1.29, 1.82) is 0 Å². The molecule has 0 saturated heterocycles. The molecule has 13 heavy (non-hydrogen) atoms. The van der Waals surface area contributed by atoms with Gasteiger partial charge >= 0.3 is 0 Å². The molecule has 2 aliphatic rings. The van der Waals surface area contributed by atoms with E-state index in [1.807, 2.05) is 0 Å². The van der Waals surface area contributed by atoms with Gasteiger partial charge in [-0.2, -0.15) is 4.99 Å². The predicted octanol–water partition coefficient (Wildman–Crippen LogP) is 2.83. The van der Waals surface area contributed by atoms with Gasteiger partial charge in [0, 0.05) is 0 Å². The summed E-state index contributed by atoms with van der Waals surface area (Å²) in [6, 6.07) is 0. The highest BCUT2D eigenvalue weighted by Crippen LogP contribution is 2.50. The van der Waals surface area contributed by atoms with E-state index in [1.165, 1.54) is 38.5 Å². The van der Waals surface area contributed by atoms with Gasteiger partial charge in [0.05, 0.1) is 5.54 Å². The summed E-state index contributed by atoms with van der Waals surface area (Å²) in [6.45, 7) is 0. The van der Waals surface area contributed by atoms with E-state index in [9.17, 15) is 4.79 Å². The molecule has 0 aliphatic heterocycles. The molecule has 0 heterocycles. The molecule has 0 radical (unpaired) electrons. The molecule has 0 spiro atoms. The standard InChI is InChI=1S/C11H17NO/c13-9-12-11(7-8-11)10-5-3-1-2-4-6-10/h10H,1-8H2. The van der Waals surface area contributed by atoms with E-state index >= 15 is 0 Å².